The molecule has 0 saturated carbocycles. The van der Waals surface area contributed by atoms with Gasteiger partial charge in [0.25, 0.3) is 0 Å². The van der Waals surface area contributed by atoms with Gasteiger partial charge in [0.15, 0.2) is 5.16 Å². The molecule has 1 heterocycles. The van der Waals surface area contributed by atoms with Crippen LogP contribution in [-0.4, -0.2) is 34.2 Å². The predicted molar refractivity (Wildman–Crippen MR) is 136 cm³/mol. The third-order valence-electron chi connectivity index (χ3n) is 4.94. The van der Waals surface area contributed by atoms with Gasteiger partial charge in [-0.1, -0.05) is 60.3 Å². The van der Waals surface area contributed by atoms with Crippen LogP contribution in [-0.2, 0) is 9.59 Å². The molecule has 7 nitrogen and oxygen atoms in total. The minimum absolute atomic E-state index is 0.144. The minimum Gasteiger partial charge on any atom is -0.495 e. The number of nitrogens with one attached hydrogen (secondary N) is 2. The van der Waals surface area contributed by atoms with Gasteiger partial charge in [0, 0.05) is 23.9 Å². The molecular weight excluding hydrogens is 448 g/mol. The molecule has 0 saturated heterocycles. The van der Waals surface area contributed by atoms with E-state index in [4.69, 9.17) is 4.74 Å². The number of hydrogen-bond donors (Lipinski definition) is 2. The third kappa shape index (κ3) is 5.47. The standard InChI is InChI=1S/C26H24N4O3S/c1-18(31)28-20-13-14-24(33-2)22(15-20)29-25(32)17-34-26-27-16-23(19-9-5-3-6-10-19)30(26)21-11-7-4-8-12-21/h3-16H,17H2,1-2H3,(H,28,31)(H,29,32). The lowest BCUT2D eigenvalue weighted by Gasteiger charge is -2.13. The van der Waals surface area contributed by atoms with Crippen LogP contribution in [0.5, 0.6) is 5.75 Å². The van der Waals surface area contributed by atoms with Gasteiger partial charge < -0.3 is 15.4 Å². The largest absolute Gasteiger partial charge is 0.495 e. The monoisotopic (exact) mass is 472 g/mol. The number of carbonyl (C=O) groups excluding carboxylic acids is 2. The molecule has 2 N–H and O–H groups in total. The summed E-state index contributed by atoms with van der Waals surface area (Å²) in [5, 5.41) is 6.28. The molecule has 3 aromatic carbocycles. The fraction of sp³-hybridized carbons (Fsp3) is 0.115. The molecule has 2 amide bonds. The Morgan fingerprint density at radius 3 is 2.35 bits per heavy atom. The number of para-hydroxylation sites is 1. The summed E-state index contributed by atoms with van der Waals surface area (Å²) in [5.41, 5.74) is 4.00. The van der Waals surface area contributed by atoms with Gasteiger partial charge in [0.1, 0.15) is 5.75 Å². The van der Waals surface area contributed by atoms with E-state index >= 15 is 0 Å². The summed E-state index contributed by atoms with van der Waals surface area (Å²) in [5.74, 6) is 0.239. The quantitative estimate of drug-likeness (QED) is 0.343. The fourth-order valence-electron chi connectivity index (χ4n) is 3.48. The van der Waals surface area contributed by atoms with Crippen molar-refractivity contribution in [2.75, 3.05) is 23.5 Å². The Morgan fingerprint density at radius 2 is 1.68 bits per heavy atom. The van der Waals surface area contributed by atoms with Crippen LogP contribution in [0.3, 0.4) is 0 Å². The van der Waals surface area contributed by atoms with Crippen LogP contribution in [0.1, 0.15) is 6.92 Å². The highest BCUT2D eigenvalue weighted by atomic mass is 32.2. The van der Waals surface area contributed by atoms with Crippen LogP contribution in [0, 0.1) is 0 Å². The number of amides is 2. The second-order valence-corrected chi connectivity index (χ2v) is 8.34. The molecule has 0 aliphatic rings. The van der Waals surface area contributed by atoms with Crippen LogP contribution in [0.2, 0.25) is 0 Å². The fourth-order valence-corrected chi connectivity index (χ4v) is 4.27. The van der Waals surface area contributed by atoms with Gasteiger partial charge in [-0.25, -0.2) is 4.98 Å². The summed E-state index contributed by atoms with van der Waals surface area (Å²) in [4.78, 5) is 28.8. The van der Waals surface area contributed by atoms with Gasteiger partial charge in [-0.15, -0.1) is 0 Å². The van der Waals surface area contributed by atoms with Gasteiger partial charge in [-0.05, 0) is 30.3 Å². The molecule has 172 valence electrons. The first-order valence-electron chi connectivity index (χ1n) is 10.6. The summed E-state index contributed by atoms with van der Waals surface area (Å²) in [6, 6.07) is 25.0. The second kappa shape index (κ2) is 10.7. The highest BCUT2D eigenvalue weighted by molar-refractivity contribution is 7.99. The molecule has 34 heavy (non-hydrogen) atoms. The van der Waals surface area contributed by atoms with Crippen LogP contribution in [0.15, 0.2) is 90.2 Å². The minimum atomic E-state index is -0.216. The van der Waals surface area contributed by atoms with Crippen LogP contribution >= 0.6 is 11.8 Å². The Labute approximate surface area is 202 Å². The number of hydrogen-bond acceptors (Lipinski definition) is 5. The van der Waals surface area contributed by atoms with Crippen molar-refractivity contribution in [1.29, 1.82) is 0 Å². The van der Waals surface area contributed by atoms with Crippen molar-refractivity contribution in [3.63, 3.8) is 0 Å². The summed E-state index contributed by atoms with van der Waals surface area (Å²) in [7, 11) is 1.53. The number of benzene rings is 3. The Balaban J connectivity index is 1.55. The van der Waals surface area contributed by atoms with Gasteiger partial charge >= 0.3 is 0 Å². The molecule has 8 heteroatoms. The van der Waals surface area contributed by atoms with Crippen molar-refractivity contribution in [3.8, 4) is 22.7 Å². The summed E-state index contributed by atoms with van der Waals surface area (Å²) < 4.78 is 7.39. The number of thioether (sulfide) groups is 1. The number of methoxy groups -OCH3 is 1. The zero-order chi connectivity index (χ0) is 23.9. The summed E-state index contributed by atoms with van der Waals surface area (Å²) >= 11 is 1.34. The van der Waals surface area contributed by atoms with Crippen molar-refractivity contribution in [3.05, 3.63) is 85.1 Å². The van der Waals surface area contributed by atoms with Gasteiger partial charge in [0.2, 0.25) is 11.8 Å². The smallest absolute Gasteiger partial charge is 0.234 e. The average molecular weight is 473 g/mol. The van der Waals surface area contributed by atoms with E-state index in [2.05, 4.69) is 15.6 Å². The number of anilines is 2. The van der Waals surface area contributed by atoms with Gasteiger partial charge in [-0.3, -0.25) is 14.2 Å². The topological polar surface area (TPSA) is 85.2 Å². The first-order chi connectivity index (χ1) is 16.5. The van der Waals surface area contributed by atoms with Crippen LogP contribution < -0.4 is 15.4 Å². The van der Waals surface area contributed by atoms with Crippen molar-refractivity contribution in [2.24, 2.45) is 0 Å². The second-order valence-electron chi connectivity index (χ2n) is 7.40. The SMILES string of the molecule is COc1ccc(NC(C)=O)cc1NC(=O)CSc1ncc(-c2ccccc2)n1-c1ccccc1. The molecule has 0 atom stereocenters. The summed E-state index contributed by atoms with van der Waals surface area (Å²) in [6.07, 6.45) is 1.82. The Hall–Kier alpha value is -4.04. The van der Waals surface area contributed by atoms with E-state index in [1.54, 1.807) is 18.2 Å². The number of ether oxygens (including phenoxy) is 1. The molecule has 1 aromatic heterocycles. The Kier molecular flexibility index (Phi) is 7.29. The highest BCUT2D eigenvalue weighted by Gasteiger charge is 2.16. The average Bonchev–Trinajstić information content (AvgIpc) is 3.28. The Morgan fingerprint density at radius 1 is 0.971 bits per heavy atom. The van der Waals surface area contributed by atoms with E-state index in [1.165, 1.54) is 25.8 Å². The van der Waals surface area contributed by atoms with Crippen molar-refractivity contribution in [2.45, 2.75) is 12.1 Å². The molecule has 0 radical (unpaired) electrons. The lowest BCUT2D eigenvalue weighted by atomic mass is 10.1. The van der Waals surface area contributed by atoms with Gasteiger partial charge in [-0.2, -0.15) is 0 Å². The molecule has 0 fully saturated rings. The maximum Gasteiger partial charge on any atom is 0.234 e. The van der Waals surface area contributed by atoms with E-state index in [-0.39, 0.29) is 17.6 Å². The van der Waals surface area contributed by atoms with Gasteiger partial charge in [0.05, 0.1) is 30.4 Å². The zero-order valence-corrected chi connectivity index (χ0v) is 19.6. The molecule has 4 aromatic rings. The van der Waals surface area contributed by atoms with Crippen LogP contribution in [0.25, 0.3) is 16.9 Å². The van der Waals surface area contributed by atoms with E-state index in [1.807, 2.05) is 71.4 Å². The van der Waals surface area contributed by atoms with Crippen LogP contribution in [0.4, 0.5) is 11.4 Å². The predicted octanol–water partition coefficient (Wildman–Crippen LogP) is 5.24. The summed E-state index contributed by atoms with van der Waals surface area (Å²) in [6.45, 7) is 1.43. The highest BCUT2D eigenvalue weighted by Crippen LogP contribution is 2.31. The molecule has 0 spiro atoms. The van der Waals surface area contributed by atoms with E-state index in [0.29, 0.717) is 22.3 Å². The number of imidazole rings is 1. The maximum atomic E-state index is 12.8. The first kappa shape index (κ1) is 23.1. The number of rotatable bonds is 8. The molecular formula is C26H24N4O3S. The van der Waals surface area contributed by atoms with Crippen molar-refractivity contribution in [1.82, 2.24) is 9.55 Å². The molecule has 0 aliphatic heterocycles. The van der Waals surface area contributed by atoms with E-state index in [9.17, 15) is 9.59 Å². The number of aromatic nitrogens is 2. The Bertz CT molecular complexity index is 1290. The molecule has 4 rings (SSSR count). The lowest BCUT2D eigenvalue weighted by Crippen LogP contribution is -2.16. The van der Waals surface area contributed by atoms with E-state index < -0.39 is 0 Å². The zero-order valence-electron chi connectivity index (χ0n) is 18.8. The maximum absolute atomic E-state index is 12.8. The molecule has 0 aliphatic carbocycles. The van der Waals surface area contributed by atoms with Crippen molar-refractivity contribution >= 4 is 35.0 Å². The first-order valence-corrected chi connectivity index (χ1v) is 11.6. The number of nitrogens with zero attached hydrogens (tertiary/aromatic N) is 2. The normalized spacial score (nSPS) is 10.5. The molecule has 0 bridgehead atoms. The lowest BCUT2D eigenvalue weighted by molar-refractivity contribution is -0.114. The number of carbonyl (C=O) groups is 2. The third-order valence-corrected chi connectivity index (χ3v) is 5.89. The molecule has 0 unspecified atom stereocenters. The van der Waals surface area contributed by atoms with E-state index in [0.717, 1.165) is 16.9 Å². The van der Waals surface area contributed by atoms with Crippen molar-refractivity contribution < 1.29 is 14.3 Å².